The topological polar surface area (TPSA) is 37.3 Å². The van der Waals surface area contributed by atoms with E-state index in [1.54, 1.807) is 12.1 Å². The molecule has 1 aromatic carbocycles. The van der Waals surface area contributed by atoms with Crippen LogP contribution in [0.4, 0.5) is 0 Å². The van der Waals surface area contributed by atoms with Crippen molar-refractivity contribution in [1.82, 2.24) is 0 Å². The van der Waals surface area contributed by atoms with E-state index in [1.165, 1.54) is 38.5 Å². The SMILES string of the molecule is O=C1CCCCCCCCCCC1c1ccc(O)cc1. The van der Waals surface area contributed by atoms with Crippen LogP contribution in [0.5, 0.6) is 5.75 Å². The van der Waals surface area contributed by atoms with Gasteiger partial charge in [0.25, 0.3) is 0 Å². The summed E-state index contributed by atoms with van der Waals surface area (Å²) >= 11 is 0. The first-order valence-corrected chi connectivity index (χ1v) is 8.09. The van der Waals surface area contributed by atoms with E-state index in [0.717, 1.165) is 24.8 Å². The quantitative estimate of drug-likeness (QED) is 0.786. The monoisotopic (exact) mass is 274 g/mol. The van der Waals surface area contributed by atoms with Crippen LogP contribution < -0.4 is 0 Å². The molecule has 1 aromatic rings. The van der Waals surface area contributed by atoms with Gasteiger partial charge < -0.3 is 5.11 Å². The van der Waals surface area contributed by atoms with Crippen LogP contribution in [0, 0.1) is 0 Å². The first-order chi connectivity index (χ1) is 9.77. The number of hydrogen-bond acceptors (Lipinski definition) is 2. The predicted molar refractivity (Wildman–Crippen MR) is 82.0 cm³/mol. The van der Waals surface area contributed by atoms with Crippen molar-refractivity contribution in [3.63, 3.8) is 0 Å². The Morgan fingerprint density at radius 3 is 2.00 bits per heavy atom. The Morgan fingerprint density at radius 1 is 0.800 bits per heavy atom. The van der Waals surface area contributed by atoms with Crippen LogP contribution in [0.3, 0.4) is 0 Å². The molecule has 1 saturated carbocycles. The molecule has 0 radical (unpaired) electrons. The molecule has 2 nitrogen and oxygen atoms in total. The molecule has 1 atom stereocenters. The molecule has 1 N–H and O–H groups in total. The van der Waals surface area contributed by atoms with Crippen LogP contribution in [0.2, 0.25) is 0 Å². The highest BCUT2D eigenvalue weighted by Crippen LogP contribution is 2.28. The molecule has 1 fully saturated rings. The Labute approximate surface area is 122 Å². The number of carbonyl (C=O) groups is 1. The molecule has 0 aliphatic heterocycles. The van der Waals surface area contributed by atoms with Crippen molar-refractivity contribution >= 4 is 5.78 Å². The zero-order valence-corrected chi connectivity index (χ0v) is 12.3. The maximum atomic E-state index is 12.5. The van der Waals surface area contributed by atoms with E-state index in [-0.39, 0.29) is 11.7 Å². The Hall–Kier alpha value is -1.31. The number of Topliss-reactive ketones (excluding diaryl/α,β-unsaturated/α-hetero) is 1. The molecular formula is C18H26O2. The summed E-state index contributed by atoms with van der Waals surface area (Å²) in [6.07, 6.45) is 11.5. The van der Waals surface area contributed by atoms with Crippen molar-refractivity contribution in [3.8, 4) is 5.75 Å². The molecule has 1 unspecified atom stereocenters. The molecule has 0 saturated heterocycles. The summed E-state index contributed by atoms with van der Waals surface area (Å²) in [5, 5.41) is 9.39. The number of aromatic hydroxyl groups is 1. The maximum absolute atomic E-state index is 12.5. The lowest BCUT2D eigenvalue weighted by Gasteiger charge is -2.17. The summed E-state index contributed by atoms with van der Waals surface area (Å²) in [4.78, 5) is 12.5. The van der Waals surface area contributed by atoms with Gasteiger partial charge in [-0.05, 0) is 30.5 Å². The lowest BCUT2D eigenvalue weighted by Crippen LogP contribution is -2.13. The minimum Gasteiger partial charge on any atom is -0.508 e. The van der Waals surface area contributed by atoms with Gasteiger partial charge in [0.05, 0.1) is 0 Å². The molecule has 0 spiro atoms. The van der Waals surface area contributed by atoms with Gasteiger partial charge in [0.15, 0.2) is 0 Å². The molecule has 0 bridgehead atoms. The van der Waals surface area contributed by atoms with Crippen molar-refractivity contribution < 1.29 is 9.90 Å². The second-order valence-electron chi connectivity index (χ2n) is 5.98. The normalized spacial score (nSPS) is 22.8. The zero-order chi connectivity index (χ0) is 14.2. The van der Waals surface area contributed by atoms with Gasteiger partial charge in [0, 0.05) is 12.3 Å². The summed E-state index contributed by atoms with van der Waals surface area (Å²) in [6.45, 7) is 0. The number of phenolic OH excluding ortho intramolecular Hbond substituents is 1. The second-order valence-corrected chi connectivity index (χ2v) is 5.98. The van der Waals surface area contributed by atoms with Crippen LogP contribution in [0.1, 0.15) is 75.7 Å². The summed E-state index contributed by atoms with van der Waals surface area (Å²) < 4.78 is 0. The van der Waals surface area contributed by atoms with Gasteiger partial charge in [-0.25, -0.2) is 0 Å². The smallest absolute Gasteiger partial charge is 0.140 e. The van der Waals surface area contributed by atoms with Gasteiger partial charge in [-0.3, -0.25) is 4.79 Å². The zero-order valence-electron chi connectivity index (χ0n) is 12.3. The lowest BCUT2D eigenvalue weighted by atomic mass is 9.86. The molecule has 20 heavy (non-hydrogen) atoms. The van der Waals surface area contributed by atoms with E-state index in [2.05, 4.69) is 0 Å². The molecule has 0 aromatic heterocycles. The molecule has 1 aliphatic rings. The highest BCUT2D eigenvalue weighted by Gasteiger charge is 2.20. The van der Waals surface area contributed by atoms with Crippen LogP contribution in [0.15, 0.2) is 24.3 Å². The number of rotatable bonds is 1. The van der Waals surface area contributed by atoms with Gasteiger partial charge in [-0.15, -0.1) is 0 Å². The third-order valence-electron chi connectivity index (χ3n) is 4.35. The number of carbonyl (C=O) groups excluding carboxylic acids is 1. The van der Waals surface area contributed by atoms with Crippen LogP contribution in [-0.2, 0) is 4.79 Å². The van der Waals surface area contributed by atoms with Gasteiger partial charge in [-0.1, -0.05) is 57.1 Å². The van der Waals surface area contributed by atoms with Crippen molar-refractivity contribution in [2.45, 2.75) is 70.1 Å². The summed E-state index contributed by atoms with van der Waals surface area (Å²) in [7, 11) is 0. The van der Waals surface area contributed by atoms with Gasteiger partial charge in [-0.2, -0.15) is 0 Å². The largest absolute Gasteiger partial charge is 0.508 e. The molecule has 1 aliphatic carbocycles. The van der Waals surface area contributed by atoms with Gasteiger partial charge in [0.2, 0.25) is 0 Å². The Kier molecular flexibility index (Phi) is 6.10. The Morgan fingerprint density at radius 2 is 1.35 bits per heavy atom. The third-order valence-corrected chi connectivity index (χ3v) is 4.35. The number of benzene rings is 1. The van der Waals surface area contributed by atoms with E-state index < -0.39 is 0 Å². The average molecular weight is 274 g/mol. The first-order valence-electron chi connectivity index (χ1n) is 8.09. The van der Waals surface area contributed by atoms with E-state index in [9.17, 15) is 9.90 Å². The fraction of sp³-hybridized carbons (Fsp3) is 0.611. The fourth-order valence-corrected chi connectivity index (χ4v) is 3.10. The van der Waals surface area contributed by atoms with E-state index in [4.69, 9.17) is 0 Å². The molecule has 2 rings (SSSR count). The Balaban J connectivity index is 2.04. The first kappa shape index (κ1) is 15.1. The van der Waals surface area contributed by atoms with E-state index in [1.807, 2.05) is 12.1 Å². The van der Waals surface area contributed by atoms with Crippen LogP contribution >= 0.6 is 0 Å². The number of phenols is 1. The number of hydrogen-bond donors (Lipinski definition) is 1. The van der Waals surface area contributed by atoms with Crippen molar-refractivity contribution in [2.75, 3.05) is 0 Å². The Bertz CT molecular complexity index is 408. The molecule has 2 heteroatoms. The van der Waals surface area contributed by atoms with Crippen molar-refractivity contribution in [3.05, 3.63) is 29.8 Å². The van der Waals surface area contributed by atoms with E-state index in [0.29, 0.717) is 12.2 Å². The summed E-state index contributed by atoms with van der Waals surface area (Å²) in [5.74, 6) is 0.695. The van der Waals surface area contributed by atoms with E-state index >= 15 is 0 Å². The maximum Gasteiger partial charge on any atom is 0.140 e. The standard InChI is InChI=1S/C18H26O2/c19-16-13-11-15(12-14-16)17-9-7-5-3-1-2-4-6-8-10-18(17)20/h11-14,17,19H,1-10H2. The lowest BCUT2D eigenvalue weighted by molar-refractivity contribution is -0.120. The summed E-state index contributed by atoms with van der Waals surface area (Å²) in [6, 6.07) is 7.20. The average Bonchev–Trinajstić information content (AvgIpc) is 2.44. The van der Waals surface area contributed by atoms with Gasteiger partial charge >= 0.3 is 0 Å². The van der Waals surface area contributed by atoms with Crippen LogP contribution in [0.25, 0.3) is 0 Å². The van der Waals surface area contributed by atoms with Crippen LogP contribution in [-0.4, -0.2) is 10.9 Å². The molecular weight excluding hydrogens is 248 g/mol. The minimum absolute atomic E-state index is 0.0371. The highest BCUT2D eigenvalue weighted by atomic mass is 16.3. The molecule has 110 valence electrons. The fourth-order valence-electron chi connectivity index (χ4n) is 3.10. The predicted octanol–water partition coefficient (Wildman–Crippen LogP) is 4.96. The molecule has 0 heterocycles. The third kappa shape index (κ3) is 4.66. The summed E-state index contributed by atoms with van der Waals surface area (Å²) in [5.41, 5.74) is 1.07. The number of ketones is 1. The van der Waals surface area contributed by atoms with Crippen molar-refractivity contribution in [2.24, 2.45) is 0 Å². The van der Waals surface area contributed by atoms with Gasteiger partial charge in [0.1, 0.15) is 11.5 Å². The minimum atomic E-state index is 0.0371. The highest BCUT2D eigenvalue weighted by molar-refractivity contribution is 5.85. The molecule has 0 amide bonds. The second kappa shape index (κ2) is 8.08. The van der Waals surface area contributed by atoms with Crippen molar-refractivity contribution in [1.29, 1.82) is 0 Å².